The molecule has 1 heterocycles. The summed E-state index contributed by atoms with van der Waals surface area (Å²) in [5, 5.41) is 0. The first-order chi connectivity index (χ1) is 19.4. The van der Waals surface area contributed by atoms with Crippen LogP contribution in [-0.2, 0) is 9.53 Å². The lowest BCUT2D eigenvalue weighted by atomic mass is 9.89. The van der Waals surface area contributed by atoms with Gasteiger partial charge in [-0.15, -0.1) is 0 Å². The van der Waals surface area contributed by atoms with Crippen molar-refractivity contribution in [1.82, 2.24) is 15.0 Å². The molecule has 1 aliphatic carbocycles. The lowest BCUT2D eigenvalue weighted by molar-refractivity contribution is -0.150. The number of benzene rings is 3. The second kappa shape index (κ2) is 12.4. The molecule has 6 heteroatoms. The van der Waals surface area contributed by atoms with Crippen molar-refractivity contribution in [3.63, 3.8) is 0 Å². The fraction of sp³-hybridized carbons (Fsp3) is 0.353. The molecule has 1 saturated carbocycles. The summed E-state index contributed by atoms with van der Waals surface area (Å²) in [6.45, 7) is 8.91. The van der Waals surface area contributed by atoms with Gasteiger partial charge in [-0.3, -0.25) is 4.79 Å². The lowest BCUT2D eigenvalue weighted by Gasteiger charge is -2.19. The van der Waals surface area contributed by atoms with Crippen molar-refractivity contribution >= 4 is 5.97 Å². The highest BCUT2D eigenvalue weighted by molar-refractivity contribution is 5.72. The molecule has 0 bridgehead atoms. The molecule has 40 heavy (non-hydrogen) atoms. The Balaban J connectivity index is 1.35. The first-order valence-electron chi connectivity index (χ1n) is 14.2. The normalized spacial score (nSPS) is 13.7. The summed E-state index contributed by atoms with van der Waals surface area (Å²) < 4.78 is 11.3. The van der Waals surface area contributed by atoms with E-state index in [0.717, 1.165) is 53.5 Å². The SMILES string of the molecule is Cc1ccc(-c2nc(-c3ccc(OCCOC(=O)C4CCCCC4)cc3)nc(-c3ccc(C)cc3C)n2)c(C)c1. The zero-order chi connectivity index (χ0) is 28.1. The third-order valence-corrected chi connectivity index (χ3v) is 7.53. The number of esters is 1. The molecule has 4 aromatic rings. The summed E-state index contributed by atoms with van der Waals surface area (Å²) in [5.74, 6) is 2.57. The zero-order valence-electron chi connectivity index (χ0n) is 23.9. The number of carbonyl (C=O) groups is 1. The summed E-state index contributed by atoms with van der Waals surface area (Å²) in [6.07, 6.45) is 5.32. The van der Waals surface area contributed by atoms with Crippen LogP contribution in [0.1, 0.15) is 54.4 Å². The average Bonchev–Trinajstić information content (AvgIpc) is 2.96. The van der Waals surface area contributed by atoms with Gasteiger partial charge in [0, 0.05) is 16.7 Å². The van der Waals surface area contributed by atoms with Crippen molar-refractivity contribution in [3.05, 3.63) is 82.9 Å². The van der Waals surface area contributed by atoms with E-state index in [1.165, 1.54) is 17.5 Å². The number of hydrogen-bond acceptors (Lipinski definition) is 6. The van der Waals surface area contributed by atoms with Gasteiger partial charge >= 0.3 is 5.97 Å². The first-order valence-corrected chi connectivity index (χ1v) is 14.2. The van der Waals surface area contributed by atoms with Crippen LogP contribution in [0.5, 0.6) is 5.75 Å². The molecule has 0 saturated heterocycles. The minimum Gasteiger partial charge on any atom is -0.490 e. The standard InChI is InChI=1S/C34H37N3O3/c1-22-10-16-29(24(3)20-22)32-35-31(36-33(37-32)30-17-11-23(2)21-25(30)4)26-12-14-28(15-13-26)39-18-19-40-34(38)27-8-6-5-7-9-27/h10-17,20-21,27H,5-9,18-19H2,1-4H3. The van der Waals surface area contributed by atoms with E-state index in [2.05, 4.69) is 64.1 Å². The molecule has 3 aromatic carbocycles. The average molecular weight is 536 g/mol. The molecule has 0 spiro atoms. The number of nitrogens with zero attached hydrogens (tertiary/aromatic N) is 3. The van der Waals surface area contributed by atoms with Crippen LogP contribution in [0.15, 0.2) is 60.7 Å². The molecule has 6 nitrogen and oxygen atoms in total. The van der Waals surface area contributed by atoms with E-state index in [1.807, 2.05) is 24.3 Å². The number of aryl methyl sites for hydroxylation is 4. The Morgan fingerprint density at radius 3 is 1.80 bits per heavy atom. The highest BCUT2D eigenvalue weighted by Gasteiger charge is 2.22. The molecule has 0 unspecified atom stereocenters. The van der Waals surface area contributed by atoms with Gasteiger partial charge in [0.15, 0.2) is 17.5 Å². The van der Waals surface area contributed by atoms with E-state index in [4.69, 9.17) is 24.4 Å². The van der Waals surface area contributed by atoms with Crippen molar-refractivity contribution < 1.29 is 14.3 Å². The Kier molecular flexibility index (Phi) is 8.54. The van der Waals surface area contributed by atoms with E-state index in [0.29, 0.717) is 29.8 Å². The molecule has 0 amide bonds. The zero-order valence-corrected chi connectivity index (χ0v) is 23.9. The molecule has 0 atom stereocenters. The van der Waals surface area contributed by atoms with Crippen molar-refractivity contribution in [2.24, 2.45) is 5.92 Å². The second-order valence-corrected chi connectivity index (χ2v) is 10.8. The second-order valence-electron chi connectivity index (χ2n) is 10.8. The number of ether oxygens (including phenoxy) is 2. The van der Waals surface area contributed by atoms with Crippen molar-refractivity contribution in [2.45, 2.75) is 59.8 Å². The van der Waals surface area contributed by atoms with Crippen LogP contribution in [-0.4, -0.2) is 34.1 Å². The van der Waals surface area contributed by atoms with Gasteiger partial charge in [0.2, 0.25) is 0 Å². The van der Waals surface area contributed by atoms with Crippen molar-refractivity contribution in [1.29, 1.82) is 0 Å². The van der Waals surface area contributed by atoms with Gasteiger partial charge in [0.05, 0.1) is 5.92 Å². The molecular weight excluding hydrogens is 498 g/mol. The number of rotatable bonds is 8. The minimum absolute atomic E-state index is 0.0515. The summed E-state index contributed by atoms with van der Waals surface area (Å²) in [5.41, 5.74) is 7.49. The van der Waals surface area contributed by atoms with Gasteiger partial charge in [-0.1, -0.05) is 66.8 Å². The molecular formula is C34H37N3O3. The van der Waals surface area contributed by atoms with Crippen LogP contribution in [0.3, 0.4) is 0 Å². The largest absolute Gasteiger partial charge is 0.490 e. The van der Waals surface area contributed by atoms with Crippen LogP contribution < -0.4 is 4.74 Å². The summed E-state index contributed by atoms with van der Waals surface area (Å²) in [7, 11) is 0. The van der Waals surface area contributed by atoms with Gasteiger partial charge in [-0.2, -0.15) is 0 Å². The van der Waals surface area contributed by atoms with Crippen LogP contribution in [0.4, 0.5) is 0 Å². The van der Waals surface area contributed by atoms with Gasteiger partial charge in [-0.05, 0) is 75.9 Å². The van der Waals surface area contributed by atoms with Gasteiger partial charge in [0.25, 0.3) is 0 Å². The maximum Gasteiger partial charge on any atom is 0.309 e. The predicted octanol–water partition coefficient (Wildman–Crippen LogP) is 7.61. The van der Waals surface area contributed by atoms with Crippen molar-refractivity contribution in [3.8, 4) is 39.9 Å². The molecule has 206 valence electrons. The van der Waals surface area contributed by atoms with Crippen LogP contribution in [0.25, 0.3) is 34.2 Å². The molecule has 0 N–H and O–H groups in total. The predicted molar refractivity (Wildman–Crippen MR) is 158 cm³/mol. The maximum absolute atomic E-state index is 12.2. The highest BCUT2D eigenvalue weighted by atomic mass is 16.6. The fourth-order valence-corrected chi connectivity index (χ4v) is 5.33. The molecule has 0 radical (unpaired) electrons. The Bertz CT molecular complexity index is 1420. The van der Waals surface area contributed by atoms with E-state index < -0.39 is 0 Å². The molecule has 1 aromatic heterocycles. The Morgan fingerprint density at radius 2 is 1.25 bits per heavy atom. The topological polar surface area (TPSA) is 74.2 Å². The number of aromatic nitrogens is 3. The first kappa shape index (κ1) is 27.5. The Labute approximate surface area is 236 Å². The van der Waals surface area contributed by atoms with Crippen molar-refractivity contribution in [2.75, 3.05) is 13.2 Å². The summed E-state index contributed by atoms with van der Waals surface area (Å²) >= 11 is 0. The quantitative estimate of drug-likeness (QED) is 0.171. The Morgan fingerprint density at radius 1 is 0.700 bits per heavy atom. The summed E-state index contributed by atoms with van der Waals surface area (Å²) in [6, 6.07) is 20.3. The smallest absolute Gasteiger partial charge is 0.309 e. The van der Waals surface area contributed by atoms with Crippen LogP contribution in [0, 0.1) is 33.6 Å². The third kappa shape index (κ3) is 6.56. The molecule has 5 rings (SSSR count). The Hall–Kier alpha value is -4.06. The van der Waals surface area contributed by atoms with Gasteiger partial charge < -0.3 is 9.47 Å². The summed E-state index contributed by atoms with van der Waals surface area (Å²) in [4.78, 5) is 26.9. The lowest BCUT2D eigenvalue weighted by Crippen LogP contribution is -2.22. The van der Waals surface area contributed by atoms with E-state index in [1.54, 1.807) is 0 Å². The van der Waals surface area contributed by atoms with E-state index >= 15 is 0 Å². The van der Waals surface area contributed by atoms with Gasteiger partial charge in [-0.25, -0.2) is 15.0 Å². The molecule has 0 aliphatic heterocycles. The van der Waals surface area contributed by atoms with E-state index in [-0.39, 0.29) is 18.5 Å². The van der Waals surface area contributed by atoms with Crippen LogP contribution >= 0.6 is 0 Å². The van der Waals surface area contributed by atoms with Crippen LogP contribution in [0.2, 0.25) is 0 Å². The monoisotopic (exact) mass is 535 g/mol. The fourth-order valence-electron chi connectivity index (χ4n) is 5.33. The number of carbonyl (C=O) groups excluding carboxylic acids is 1. The minimum atomic E-state index is -0.0901. The molecule has 1 fully saturated rings. The maximum atomic E-state index is 12.2. The van der Waals surface area contributed by atoms with Gasteiger partial charge in [0.1, 0.15) is 19.0 Å². The molecule has 1 aliphatic rings. The van der Waals surface area contributed by atoms with E-state index in [9.17, 15) is 4.79 Å². The number of hydrogen-bond donors (Lipinski definition) is 0. The highest BCUT2D eigenvalue weighted by Crippen LogP contribution is 2.29. The third-order valence-electron chi connectivity index (χ3n) is 7.53.